The van der Waals surface area contributed by atoms with Crippen LogP contribution in [0.25, 0.3) is 0 Å². The number of rotatable bonds is 5. The highest BCUT2D eigenvalue weighted by Gasteiger charge is 2.10. The smallest absolute Gasteiger partial charge is 0.191 e. The Morgan fingerprint density at radius 1 is 1.47 bits per heavy atom. The van der Waals surface area contributed by atoms with Gasteiger partial charge in [-0.25, -0.2) is 0 Å². The molecule has 0 aromatic rings. The third kappa shape index (κ3) is 4.83. The van der Waals surface area contributed by atoms with Crippen LogP contribution in [0.2, 0.25) is 0 Å². The molecular formula is C11H21N3O. The summed E-state index contributed by atoms with van der Waals surface area (Å²) in [6.45, 7) is 4.32. The van der Waals surface area contributed by atoms with Gasteiger partial charge in [-0.2, -0.15) is 0 Å². The zero-order valence-corrected chi connectivity index (χ0v) is 9.62. The van der Waals surface area contributed by atoms with Gasteiger partial charge in [-0.05, 0) is 19.8 Å². The standard InChI is InChI=1S/C11H21N3O/c1-3-12-11(13-8-9-15-2)14-10-6-4-5-7-10/h4-5,10H,3,6-9H2,1-2H3,(H2,12,13,14). The molecule has 0 spiro atoms. The molecule has 0 amide bonds. The van der Waals surface area contributed by atoms with Crippen LogP contribution in [0.3, 0.4) is 0 Å². The first-order chi connectivity index (χ1) is 7.36. The number of nitrogens with one attached hydrogen (secondary N) is 2. The summed E-state index contributed by atoms with van der Waals surface area (Å²) in [7, 11) is 1.69. The van der Waals surface area contributed by atoms with Crippen LogP contribution in [0.5, 0.6) is 0 Å². The monoisotopic (exact) mass is 211 g/mol. The van der Waals surface area contributed by atoms with E-state index in [2.05, 4.69) is 34.7 Å². The average Bonchev–Trinajstić information content (AvgIpc) is 2.71. The van der Waals surface area contributed by atoms with Gasteiger partial charge in [0.15, 0.2) is 5.96 Å². The van der Waals surface area contributed by atoms with Gasteiger partial charge in [-0.15, -0.1) is 0 Å². The summed E-state index contributed by atoms with van der Waals surface area (Å²) in [4.78, 5) is 4.41. The van der Waals surface area contributed by atoms with E-state index < -0.39 is 0 Å². The molecule has 0 aromatic carbocycles. The fraction of sp³-hybridized carbons (Fsp3) is 0.727. The quantitative estimate of drug-likeness (QED) is 0.307. The van der Waals surface area contributed by atoms with Gasteiger partial charge in [0.1, 0.15) is 0 Å². The lowest BCUT2D eigenvalue weighted by atomic mass is 10.2. The summed E-state index contributed by atoms with van der Waals surface area (Å²) in [5.74, 6) is 0.892. The van der Waals surface area contributed by atoms with Gasteiger partial charge in [0.2, 0.25) is 0 Å². The normalized spacial score (nSPS) is 17.1. The molecule has 0 atom stereocenters. The predicted octanol–water partition coefficient (Wildman–Crippen LogP) is 0.906. The molecule has 0 bridgehead atoms. The maximum absolute atomic E-state index is 4.97. The molecule has 0 aromatic heterocycles. The molecule has 0 fully saturated rings. The first kappa shape index (κ1) is 12.0. The van der Waals surface area contributed by atoms with Crippen LogP contribution in [0, 0.1) is 0 Å². The summed E-state index contributed by atoms with van der Waals surface area (Å²) < 4.78 is 4.97. The number of nitrogens with zero attached hydrogens (tertiary/aromatic N) is 1. The van der Waals surface area contributed by atoms with Crippen molar-refractivity contribution in [2.45, 2.75) is 25.8 Å². The van der Waals surface area contributed by atoms with Gasteiger partial charge < -0.3 is 15.4 Å². The van der Waals surface area contributed by atoms with Crippen molar-refractivity contribution in [3.8, 4) is 0 Å². The minimum Gasteiger partial charge on any atom is -0.383 e. The first-order valence-corrected chi connectivity index (χ1v) is 5.55. The summed E-state index contributed by atoms with van der Waals surface area (Å²) in [5, 5.41) is 6.62. The lowest BCUT2D eigenvalue weighted by Gasteiger charge is -2.16. The highest BCUT2D eigenvalue weighted by atomic mass is 16.5. The largest absolute Gasteiger partial charge is 0.383 e. The minimum absolute atomic E-state index is 0.505. The molecule has 0 radical (unpaired) electrons. The fourth-order valence-electron chi connectivity index (χ4n) is 1.50. The van der Waals surface area contributed by atoms with Crippen molar-refractivity contribution in [1.82, 2.24) is 10.6 Å². The summed E-state index contributed by atoms with van der Waals surface area (Å²) in [6.07, 6.45) is 6.59. The van der Waals surface area contributed by atoms with Gasteiger partial charge in [0.05, 0.1) is 13.2 Å². The van der Waals surface area contributed by atoms with E-state index in [4.69, 9.17) is 4.74 Å². The van der Waals surface area contributed by atoms with Crippen LogP contribution in [0.4, 0.5) is 0 Å². The molecule has 0 saturated carbocycles. The van der Waals surface area contributed by atoms with Crippen molar-refractivity contribution >= 4 is 5.96 Å². The lowest BCUT2D eigenvalue weighted by Crippen LogP contribution is -2.42. The Morgan fingerprint density at radius 2 is 2.20 bits per heavy atom. The predicted molar refractivity (Wildman–Crippen MR) is 63.2 cm³/mol. The number of aliphatic imine (C=N–C) groups is 1. The second kappa shape index (κ2) is 7.29. The second-order valence-corrected chi connectivity index (χ2v) is 3.54. The van der Waals surface area contributed by atoms with Gasteiger partial charge in [-0.3, -0.25) is 4.99 Å². The van der Waals surface area contributed by atoms with Crippen LogP contribution in [0.1, 0.15) is 19.8 Å². The highest BCUT2D eigenvalue weighted by molar-refractivity contribution is 5.80. The molecule has 0 unspecified atom stereocenters. The SMILES string of the molecule is CCNC(=NCCOC)NC1CC=CC1. The van der Waals surface area contributed by atoms with Crippen LogP contribution in [0.15, 0.2) is 17.1 Å². The molecule has 1 aliphatic rings. The lowest BCUT2D eigenvalue weighted by molar-refractivity contribution is 0.208. The highest BCUT2D eigenvalue weighted by Crippen LogP contribution is 2.08. The topological polar surface area (TPSA) is 45.7 Å². The molecule has 4 heteroatoms. The molecule has 0 aliphatic heterocycles. The molecule has 2 N–H and O–H groups in total. The van der Waals surface area contributed by atoms with Gasteiger partial charge >= 0.3 is 0 Å². The summed E-state index contributed by atoms with van der Waals surface area (Å²) in [5.41, 5.74) is 0. The summed E-state index contributed by atoms with van der Waals surface area (Å²) in [6, 6.07) is 0.505. The third-order valence-corrected chi connectivity index (χ3v) is 2.26. The Morgan fingerprint density at radius 3 is 2.80 bits per heavy atom. The van der Waals surface area contributed by atoms with Crippen LogP contribution in [-0.2, 0) is 4.74 Å². The molecule has 86 valence electrons. The maximum Gasteiger partial charge on any atom is 0.191 e. The van der Waals surface area contributed by atoms with E-state index in [1.54, 1.807) is 7.11 Å². The Kier molecular flexibility index (Phi) is 5.85. The van der Waals surface area contributed by atoms with E-state index in [1.165, 1.54) is 0 Å². The molecular weight excluding hydrogens is 190 g/mol. The Labute approximate surface area is 91.8 Å². The molecule has 4 nitrogen and oxygen atoms in total. The van der Waals surface area contributed by atoms with E-state index in [1.807, 2.05) is 0 Å². The van der Waals surface area contributed by atoms with Crippen molar-refractivity contribution in [3.63, 3.8) is 0 Å². The average molecular weight is 211 g/mol. The van der Waals surface area contributed by atoms with Crippen LogP contribution < -0.4 is 10.6 Å². The minimum atomic E-state index is 0.505. The number of hydrogen-bond donors (Lipinski definition) is 2. The molecule has 0 heterocycles. The zero-order chi connectivity index (χ0) is 10.9. The zero-order valence-electron chi connectivity index (χ0n) is 9.62. The van der Waals surface area contributed by atoms with Crippen molar-refractivity contribution < 1.29 is 4.74 Å². The fourth-order valence-corrected chi connectivity index (χ4v) is 1.50. The Balaban J connectivity index is 2.31. The first-order valence-electron chi connectivity index (χ1n) is 5.55. The van der Waals surface area contributed by atoms with Crippen molar-refractivity contribution in [2.24, 2.45) is 4.99 Å². The number of ether oxygens (including phenoxy) is 1. The Bertz CT molecular complexity index is 218. The molecule has 15 heavy (non-hydrogen) atoms. The van der Waals surface area contributed by atoms with Gasteiger partial charge in [0, 0.05) is 19.7 Å². The van der Waals surface area contributed by atoms with Gasteiger partial charge in [0.25, 0.3) is 0 Å². The van der Waals surface area contributed by atoms with Crippen LogP contribution in [-0.4, -0.2) is 38.8 Å². The number of methoxy groups -OCH3 is 1. The van der Waals surface area contributed by atoms with Crippen molar-refractivity contribution in [1.29, 1.82) is 0 Å². The third-order valence-electron chi connectivity index (χ3n) is 2.26. The van der Waals surface area contributed by atoms with Crippen LogP contribution >= 0.6 is 0 Å². The molecule has 1 aliphatic carbocycles. The van der Waals surface area contributed by atoms with E-state index in [0.717, 1.165) is 25.3 Å². The molecule has 1 rings (SSSR count). The molecule has 0 saturated heterocycles. The van der Waals surface area contributed by atoms with E-state index in [-0.39, 0.29) is 0 Å². The van der Waals surface area contributed by atoms with E-state index in [0.29, 0.717) is 19.2 Å². The van der Waals surface area contributed by atoms with E-state index >= 15 is 0 Å². The van der Waals surface area contributed by atoms with Crippen molar-refractivity contribution in [3.05, 3.63) is 12.2 Å². The number of hydrogen-bond acceptors (Lipinski definition) is 2. The maximum atomic E-state index is 4.97. The van der Waals surface area contributed by atoms with E-state index in [9.17, 15) is 0 Å². The second-order valence-electron chi connectivity index (χ2n) is 3.54. The summed E-state index contributed by atoms with van der Waals surface area (Å²) >= 11 is 0. The van der Waals surface area contributed by atoms with Gasteiger partial charge in [-0.1, -0.05) is 12.2 Å². The number of guanidine groups is 1. The van der Waals surface area contributed by atoms with Crippen molar-refractivity contribution in [2.75, 3.05) is 26.8 Å². The Hall–Kier alpha value is -1.03.